The van der Waals surface area contributed by atoms with Crippen LogP contribution in [0.25, 0.3) is 0 Å². The summed E-state index contributed by atoms with van der Waals surface area (Å²) in [5.41, 5.74) is 1.94. The van der Waals surface area contributed by atoms with E-state index in [-0.39, 0.29) is 11.7 Å². The molecule has 2 nitrogen and oxygen atoms in total. The third-order valence-electron chi connectivity index (χ3n) is 3.32. The molecule has 3 heteroatoms. The average Bonchev–Trinajstić information content (AvgIpc) is 2.58. The molecule has 0 bridgehead atoms. The van der Waals surface area contributed by atoms with Crippen LogP contribution in [0.1, 0.15) is 10.4 Å². The van der Waals surface area contributed by atoms with Crippen molar-refractivity contribution in [1.29, 1.82) is 0 Å². The zero-order chi connectivity index (χ0) is 15.4. The number of hydrogen-bond donors (Lipinski definition) is 0. The van der Waals surface area contributed by atoms with Crippen LogP contribution in [0, 0.1) is 5.82 Å². The molecule has 0 aliphatic carbocycles. The number of carbonyl (C=O) groups excluding carboxylic acids is 1. The van der Waals surface area contributed by atoms with Gasteiger partial charge in [0, 0.05) is 16.9 Å². The smallest absolute Gasteiger partial charge is 0.262 e. The molecule has 0 aliphatic heterocycles. The molecule has 0 fully saturated rings. The molecule has 0 saturated heterocycles. The Kier molecular flexibility index (Phi) is 3.97. The van der Waals surface area contributed by atoms with Crippen molar-refractivity contribution in [3.05, 3.63) is 96.3 Å². The normalized spacial score (nSPS) is 10.2. The number of anilines is 2. The highest BCUT2D eigenvalue weighted by atomic mass is 19.1. The van der Waals surface area contributed by atoms with Crippen LogP contribution in [0.3, 0.4) is 0 Å². The van der Waals surface area contributed by atoms with Gasteiger partial charge in [-0.15, -0.1) is 0 Å². The van der Waals surface area contributed by atoms with Crippen LogP contribution in [-0.4, -0.2) is 5.91 Å². The first-order valence-corrected chi connectivity index (χ1v) is 6.96. The van der Waals surface area contributed by atoms with Crippen molar-refractivity contribution >= 4 is 17.3 Å². The highest BCUT2D eigenvalue weighted by Crippen LogP contribution is 2.27. The van der Waals surface area contributed by atoms with E-state index in [9.17, 15) is 9.18 Å². The summed E-state index contributed by atoms with van der Waals surface area (Å²) in [5, 5.41) is 0. The summed E-state index contributed by atoms with van der Waals surface area (Å²) >= 11 is 0. The van der Waals surface area contributed by atoms with Crippen molar-refractivity contribution in [1.82, 2.24) is 0 Å². The van der Waals surface area contributed by atoms with Gasteiger partial charge in [0.1, 0.15) is 5.82 Å². The fourth-order valence-electron chi connectivity index (χ4n) is 2.26. The van der Waals surface area contributed by atoms with Crippen LogP contribution in [0.4, 0.5) is 15.8 Å². The van der Waals surface area contributed by atoms with Crippen molar-refractivity contribution < 1.29 is 9.18 Å². The van der Waals surface area contributed by atoms with Gasteiger partial charge in [-0.2, -0.15) is 0 Å². The molecule has 22 heavy (non-hydrogen) atoms. The lowest BCUT2D eigenvalue weighted by atomic mass is 10.1. The number of hydrogen-bond acceptors (Lipinski definition) is 1. The van der Waals surface area contributed by atoms with E-state index >= 15 is 0 Å². The van der Waals surface area contributed by atoms with Gasteiger partial charge in [0.05, 0.1) is 0 Å². The molecule has 0 aliphatic rings. The summed E-state index contributed by atoms with van der Waals surface area (Å²) < 4.78 is 13.2. The zero-order valence-corrected chi connectivity index (χ0v) is 11.8. The van der Waals surface area contributed by atoms with Gasteiger partial charge in [-0.3, -0.25) is 9.69 Å². The average molecular weight is 291 g/mol. The first kappa shape index (κ1) is 14.0. The predicted molar refractivity (Wildman–Crippen MR) is 85.8 cm³/mol. The van der Waals surface area contributed by atoms with E-state index in [1.807, 2.05) is 48.5 Å². The number of carbonyl (C=O) groups is 1. The fraction of sp³-hybridized carbons (Fsp3) is 0. The molecule has 3 aromatic rings. The van der Waals surface area contributed by atoms with Crippen LogP contribution in [-0.2, 0) is 0 Å². The summed E-state index contributed by atoms with van der Waals surface area (Å²) in [4.78, 5) is 14.4. The molecule has 0 spiro atoms. The minimum Gasteiger partial charge on any atom is -0.277 e. The number of rotatable bonds is 3. The maximum Gasteiger partial charge on any atom is 0.262 e. The predicted octanol–water partition coefficient (Wildman–Crippen LogP) is 4.80. The molecular weight excluding hydrogens is 277 g/mol. The summed E-state index contributed by atoms with van der Waals surface area (Å²) in [6.07, 6.45) is 0. The van der Waals surface area contributed by atoms with E-state index in [2.05, 4.69) is 0 Å². The molecule has 0 unspecified atom stereocenters. The molecule has 1 amide bonds. The molecule has 0 saturated carbocycles. The Bertz CT molecular complexity index is 754. The van der Waals surface area contributed by atoms with Gasteiger partial charge in [-0.25, -0.2) is 4.39 Å². The first-order chi connectivity index (χ1) is 10.8. The molecule has 3 rings (SSSR count). The lowest BCUT2D eigenvalue weighted by Gasteiger charge is -2.23. The van der Waals surface area contributed by atoms with Gasteiger partial charge in [0.15, 0.2) is 0 Å². The topological polar surface area (TPSA) is 20.3 Å². The van der Waals surface area contributed by atoms with E-state index in [0.29, 0.717) is 11.3 Å². The summed E-state index contributed by atoms with van der Waals surface area (Å²) in [6.45, 7) is 0. The number of benzene rings is 3. The Labute approximate surface area is 128 Å². The molecule has 108 valence electrons. The van der Waals surface area contributed by atoms with E-state index in [1.54, 1.807) is 29.2 Å². The van der Waals surface area contributed by atoms with Crippen molar-refractivity contribution in [2.24, 2.45) is 0 Å². The number of para-hydroxylation sites is 1. The van der Waals surface area contributed by atoms with Crippen LogP contribution in [0.2, 0.25) is 0 Å². The third-order valence-corrected chi connectivity index (χ3v) is 3.32. The standard InChI is InChI=1S/C19H14FNO/c20-16-11-13-18(14-12-16)21(17-9-5-2-6-10-17)19(22)15-7-3-1-4-8-15/h1-14H. The van der Waals surface area contributed by atoms with E-state index < -0.39 is 0 Å². The van der Waals surface area contributed by atoms with Crippen LogP contribution < -0.4 is 4.90 Å². The zero-order valence-electron chi connectivity index (χ0n) is 11.8. The minimum atomic E-state index is -0.330. The molecule has 0 atom stereocenters. The van der Waals surface area contributed by atoms with Gasteiger partial charge in [-0.1, -0.05) is 36.4 Å². The first-order valence-electron chi connectivity index (χ1n) is 6.96. The molecule has 0 heterocycles. The second-order valence-electron chi connectivity index (χ2n) is 4.82. The molecule has 0 N–H and O–H groups in total. The summed E-state index contributed by atoms with van der Waals surface area (Å²) in [6, 6.07) is 24.3. The molecule has 0 aromatic heterocycles. The Balaban J connectivity index is 2.07. The quantitative estimate of drug-likeness (QED) is 0.678. The Morgan fingerprint density at radius 3 is 1.77 bits per heavy atom. The van der Waals surface area contributed by atoms with Crippen LogP contribution >= 0.6 is 0 Å². The summed E-state index contributed by atoms with van der Waals surface area (Å²) in [5.74, 6) is -0.484. The Hall–Kier alpha value is -2.94. The Morgan fingerprint density at radius 1 is 0.682 bits per heavy atom. The highest BCUT2D eigenvalue weighted by Gasteiger charge is 2.19. The SMILES string of the molecule is O=C(c1ccccc1)N(c1ccccc1)c1ccc(F)cc1. The van der Waals surface area contributed by atoms with Gasteiger partial charge in [0.2, 0.25) is 0 Å². The lowest BCUT2D eigenvalue weighted by molar-refractivity contribution is 0.0999. The maximum atomic E-state index is 13.2. The third kappa shape index (κ3) is 2.88. The van der Waals surface area contributed by atoms with Gasteiger partial charge < -0.3 is 0 Å². The van der Waals surface area contributed by atoms with Crippen LogP contribution in [0.5, 0.6) is 0 Å². The largest absolute Gasteiger partial charge is 0.277 e. The molecular formula is C19H14FNO. The van der Waals surface area contributed by atoms with Crippen molar-refractivity contribution in [2.45, 2.75) is 0 Å². The molecule has 3 aromatic carbocycles. The van der Waals surface area contributed by atoms with Crippen molar-refractivity contribution in [3.8, 4) is 0 Å². The van der Waals surface area contributed by atoms with Crippen molar-refractivity contribution in [2.75, 3.05) is 4.90 Å². The summed E-state index contributed by atoms with van der Waals surface area (Å²) in [7, 11) is 0. The Morgan fingerprint density at radius 2 is 1.18 bits per heavy atom. The number of halogens is 1. The van der Waals surface area contributed by atoms with Crippen LogP contribution in [0.15, 0.2) is 84.9 Å². The van der Waals surface area contributed by atoms with Crippen molar-refractivity contribution in [3.63, 3.8) is 0 Å². The number of amides is 1. The number of nitrogens with zero attached hydrogens (tertiary/aromatic N) is 1. The lowest BCUT2D eigenvalue weighted by Crippen LogP contribution is -2.25. The molecule has 0 radical (unpaired) electrons. The second-order valence-corrected chi connectivity index (χ2v) is 4.82. The van der Waals surface area contributed by atoms with E-state index in [0.717, 1.165) is 5.69 Å². The second kappa shape index (κ2) is 6.22. The minimum absolute atomic E-state index is 0.154. The van der Waals surface area contributed by atoms with Gasteiger partial charge >= 0.3 is 0 Å². The maximum absolute atomic E-state index is 13.2. The monoisotopic (exact) mass is 291 g/mol. The van der Waals surface area contributed by atoms with Gasteiger partial charge in [0.25, 0.3) is 5.91 Å². The van der Waals surface area contributed by atoms with E-state index in [1.165, 1.54) is 12.1 Å². The van der Waals surface area contributed by atoms with E-state index in [4.69, 9.17) is 0 Å². The fourth-order valence-corrected chi connectivity index (χ4v) is 2.26. The highest BCUT2D eigenvalue weighted by molar-refractivity contribution is 6.10. The van der Waals surface area contributed by atoms with Gasteiger partial charge in [-0.05, 0) is 48.5 Å².